The highest BCUT2D eigenvalue weighted by molar-refractivity contribution is 7.51. The van der Waals surface area contributed by atoms with Gasteiger partial charge in [-0.25, -0.2) is 23.7 Å². The minimum absolute atomic E-state index is 0.0423. The monoisotopic (exact) mass is 348 g/mol. The predicted molar refractivity (Wildman–Crippen MR) is 75.0 cm³/mol. The van der Waals surface area contributed by atoms with Crippen LogP contribution < -0.4 is 0 Å². The molecule has 0 saturated heterocycles. The lowest BCUT2D eigenvalue weighted by molar-refractivity contribution is -0.156. The molecule has 0 atom stereocenters. The van der Waals surface area contributed by atoms with Gasteiger partial charge in [-0.1, -0.05) is 0 Å². The smallest absolute Gasteiger partial charge is 0.351 e. The third-order valence-electron chi connectivity index (χ3n) is 3.83. The van der Waals surface area contributed by atoms with Crippen LogP contribution in [0.4, 0.5) is 8.78 Å². The molecule has 0 aromatic carbocycles. The van der Waals surface area contributed by atoms with Gasteiger partial charge in [0, 0.05) is 0 Å². The summed E-state index contributed by atoms with van der Waals surface area (Å²) in [7, 11) is -4.50. The Kier molecular flexibility index (Phi) is 3.75. The molecule has 2 heterocycles. The standard InChI is InChI=1S/C12H15F2N4O4P/c1-8-9-10(16-5-15-8)18(6-17-9)4-12(13,14)11(2-3-11)22-7-23(19,20)21/h5-6H,2-4,7H2,1H3,(H2,19,20,21). The number of hydrogen-bond acceptors (Lipinski definition) is 5. The summed E-state index contributed by atoms with van der Waals surface area (Å²) in [6.45, 7) is 0.964. The highest BCUT2D eigenvalue weighted by Gasteiger charge is 2.64. The molecule has 1 fully saturated rings. The van der Waals surface area contributed by atoms with E-state index >= 15 is 0 Å². The minimum atomic E-state index is -4.50. The fraction of sp³-hybridized carbons (Fsp3) is 0.583. The maximum Gasteiger partial charge on any atom is 0.351 e. The van der Waals surface area contributed by atoms with Crippen molar-refractivity contribution in [1.29, 1.82) is 0 Å². The highest BCUT2D eigenvalue weighted by Crippen LogP contribution is 2.54. The fourth-order valence-electron chi connectivity index (χ4n) is 2.41. The number of aromatic nitrogens is 4. The molecule has 11 heteroatoms. The Morgan fingerprint density at radius 2 is 2.09 bits per heavy atom. The van der Waals surface area contributed by atoms with Crippen molar-refractivity contribution in [2.24, 2.45) is 0 Å². The topological polar surface area (TPSA) is 110 Å². The van der Waals surface area contributed by atoms with E-state index in [4.69, 9.17) is 14.5 Å². The van der Waals surface area contributed by atoms with Crippen molar-refractivity contribution in [2.45, 2.75) is 37.8 Å². The zero-order valence-corrected chi connectivity index (χ0v) is 13.1. The maximum atomic E-state index is 14.6. The largest absolute Gasteiger partial charge is 0.356 e. The Morgan fingerprint density at radius 3 is 2.70 bits per heavy atom. The van der Waals surface area contributed by atoms with Gasteiger partial charge in [-0.3, -0.25) is 4.57 Å². The number of aryl methyl sites for hydroxylation is 1. The second-order valence-electron chi connectivity index (χ2n) is 5.64. The van der Waals surface area contributed by atoms with Crippen LogP contribution in [0, 0.1) is 6.92 Å². The summed E-state index contributed by atoms with van der Waals surface area (Å²) >= 11 is 0. The number of halogens is 2. The van der Waals surface area contributed by atoms with Gasteiger partial charge in [-0.05, 0) is 19.8 Å². The lowest BCUT2D eigenvalue weighted by Crippen LogP contribution is -2.42. The van der Waals surface area contributed by atoms with Gasteiger partial charge in [-0.15, -0.1) is 0 Å². The summed E-state index contributed by atoms with van der Waals surface area (Å²) in [5.74, 6) is -3.31. The first-order chi connectivity index (χ1) is 10.6. The van der Waals surface area contributed by atoms with Crippen LogP contribution in [0.2, 0.25) is 0 Å². The Morgan fingerprint density at radius 1 is 1.39 bits per heavy atom. The average molecular weight is 348 g/mol. The lowest BCUT2D eigenvalue weighted by Gasteiger charge is -2.27. The molecule has 0 unspecified atom stereocenters. The van der Waals surface area contributed by atoms with E-state index in [9.17, 15) is 13.3 Å². The summed E-state index contributed by atoms with van der Waals surface area (Å²) in [6.07, 6.45) is 1.58. The fourth-order valence-corrected chi connectivity index (χ4v) is 2.82. The number of rotatable bonds is 6. The molecule has 2 aromatic rings. The first-order valence-corrected chi connectivity index (χ1v) is 8.62. The molecule has 0 radical (unpaired) electrons. The average Bonchev–Trinajstić information content (AvgIpc) is 3.15. The first-order valence-electron chi connectivity index (χ1n) is 6.82. The highest BCUT2D eigenvalue weighted by atomic mass is 31.2. The summed E-state index contributed by atoms with van der Waals surface area (Å²) < 4.78 is 46.1. The molecule has 0 amide bonds. The van der Waals surface area contributed by atoms with Gasteiger partial charge in [0.25, 0.3) is 5.92 Å². The third-order valence-corrected chi connectivity index (χ3v) is 4.30. The van der Waals surface area contributed by atoms with Gasteiger partial charge in [0.1, 0.15) is 23.8 Å². The molecule has 1 aliphatic rings. The first kappa shape index (κ1) is 16.4. The Hall–Kier alpha value is -1.48. The van der Waals surface area contributed by atoms with E-state index in [1.54, 1.807) is 6.92 Å². The van der Waals surface area contributed by atoms with Crippen molar-refractivity contribution in [3.63, 3.8) is 0 Å². The van der Waals surface area contributed by atoms with Crippen molar-refractivity contribution >= 4 is 18.8 Å². The number of hydrogen-bond donors (Lipinski definition) is 2. The van der Waals surface area contributed by atoms with E-state index in [2.05, 4.69) is 15.0 Å². The molecule has 0 spiro atoms. The van der Waals surface area contributed by atoms with Gasteiger partial charge in [-0.2, -0.15) is 0 Å². The maximum absolute atomic E-state index is 14.6. The molecule has 23 heavy (non-hydrogen) atoms. The Balaban J connectivity index is 1.83. The van der Waals surface area contributed by atoms with Crippen LogP contribution in [0.15, 0.2) is 12.7 Å². The molecule has 8 nitrogen and oxygen atoms in total. The second-order valence-corrected chi connectivity index (χ2v) is 7.23. The summed E-state index contributed by atoms with van der Waals surface area (Å²) in [6, 6.07) is 0. The molecule has 1 aliphatic carbocycles. The van der Waals surface area contributed by atoms with Crippen LogP contribution in [0.5, 0.6) is 0 Å². The Bertz CT molecular complexity index is 786. The second kappa shape index (κ2) is 5.27. The molecular weight excluding hydrogens is 333 g/mol. The lowest BCUT2D eigenvalue weighted by atomic mass is 10.1. The molecule has 126 valence electrons. The van der Waals surface area contributed by atoms with Gasteiger partial charge in [0.15, 0.2) is 5.65 Å². The number of ether oxygens (including phenoxy) is 1. The van der Waals surface area contributed by atoms with Crippen molar-refractivity contribution in [3.05, 3.63) is 18.3 Å². The van der Waals surface area contributed by atoms with Crippen LogP contribution >= 0.6 is 7.60 Å². The van der Waals surface area contributed by atoms with E-state index in [-0.39, 0.29) is 18.5 Å². The normalized spacial score (nSPS) is 17.6. The number of imidazole rings is 1. The van der Waals surface area contributed by atoms with Gasteiger partial charge < -0.3 is 19.1 Å². The van der Waals surface area contributed by atoms with Gasteiger partial charge >= 0.3 is 7.60 Å². The van der Waals surface area contributed by atoms with E-state index in [0.29, 0.717) is 11.2 Å². The van der Waals surface area contributed by atoms with Gasteiger partial charge in [0.05, 0.1) is 18.6 Å². The van der Waals surface area contributed by atoms with E-state index in [1.165, 1.54) is 17.2 Å². The third kappa shape index (κ3) is 3.12. The molecule has 1 saturated carbocycles. The van der Waals surface area contributed by atoms with E-state index in [1.807, 2.05) is 0 Å². The van der Waals surface area contributed by atoms with Crippen LogP contribution in [-0.4, -0.2) is 47.2 Å². The molecule has 3 rings (SSSR count). The summed E-state index contributed by atoms with van der Waals surface area (Å²) in [5, 5.41) is 0. The van der Waals surface area contributed by atoms with Crippen LogP contribution in [-0.2, 0) is 15.8 Å². The van der Waals surface area contributed by atoms with Crippen LogP contribution in [0.25, 0.3) is 11.2 Å². The molecular formula is C12H15F2N4O4P. The van der Waals surface area contributed by atoms with E-state index in [0.717, 1.165) is 0 Å². The summed E-state index contributed by atoms with van der Waals surface area (Å²) in [4.78, 5) is 29.6. The number of fused-ring (bicyclic) bond motifs is 1. The predicted octanol–water partition coefficient (Wildman–Crippen LogP) is 1.45. The quantitative estimate of drug-likeness (QED) is 0.760. The van der Waals surface area contributed by atoms with Crippen LogP contribution in [0.1, 0.15) is 18.5 Å². The zero-order valence-electron chi connectivity index (χ0n) is 12.2. The number of nitrogens with zero attached hydrogens (tertiary/aromatic N) is 4. The van der Waals surface area contributed by atoms with Crippen molar-refractivity contribution in [2.75, 3.05) is 6.35 Å². The zero-order chi connectivity index (χ0) is 16.9. The van der Waals surface area contributed by atoms with E-state index < -0.39 is 32.0 Å². The number of alkyl halides is 2. The SMILES string of the molecule is Cc1ncnc2c1ncn2CC(F)(F)C1(OCP(=O)(O)O)CC1. The van der Waals surface area contributed by atoms with Crippen molar-refractivity contribution in [3.8, 4) is 0 Å². The van der Waals surface area contributed by atoms with Crippen LogP contribution in [0.3, 0.4) is 0 Å². The van der Waals surface area contributed by atoms with Crippen molar-refractivity contribution in [1.82, 2.24) is 19.5 Å². The molecule has 2 N–H and O–H groups in total. The summed E-state index contributed by atoms with van der Waals surface area (Å²) in [5.41, 5.74) is -0.546. The molecule has 0 bridgehead atoms. The van der Waals surface area contributed by atoms with Gasteiger partial charge in [0.2, 0.25) is 0 Å². The molecule has 2 aromatic heterocycles. The Labute approximate surface area is 129 Å². The minimum Gasteiger partial charge on any atom is -0.356 e. The van der Waals surface area contributed by atoms with Crippen molar-refractivity contribution < 1.29 is 27.9 Å². The molecule has 0 aliphatic heterocycles.